The zero-order valence-corrected chi connectivity index (χ0v) is 27.8. The summed E-state index contributed by atoms with van der Waals surface area (Å²) in [6, 6.07) is 0. The number of hydrogen-bond acceptors (Lipinski definition) is 1. The largest absolute Gasteiger partial charge is 0.343 e. The summed E-state index contributed by atoms with van der Waals surface area (Å²) in [7, 11) is 0. The summed E-state index contributed by atoms with van der Waals surface area (Å²) in [4.78, 5) is -4.94. The molecule has 1 saturated heterocycles. The van der Waals surface area contributed by atoms with Crippen molar-refractivity contribution in [2.45, 2.75) is 45.7 Å². The lowest BCUT2D eigenvalue weighted by molar-refractivity contribution is 0.112. The SMILES string of the molecule is ClC1=C(Cl)C2(Cl)C3C(Cl)OC(Cl)C3C1(Cl)C2(Cl)Cl.ClC1=C(Cl)[C@]2(Cl)[C@H]3[C@H]([C@H]4C=C[C@@H]3C4)[C@@]1(Cl)C2(Cl)Cl. The van der Waals surface area contributed by atoms with Gasteiger partial charge in [0.05, 0.1) is 20.1 Å². The number of fused-ring (bicyclic) bond motifs is 14. The second kappa shape index (κ2) is 8.45. The molecule has 0 aromatic heterocycles. The lowest BCUT2D eigenvalue weighted by atomic mass is 9.75. The molecule has 0 N–H and O–H groups in total. The van der Waals surface area contributed by atoms with Crippen LogP contribution >= 0.6 is 162 Å². The highest BCUT2D eigenvalue weighted by atomic mass is 35.5. The van der Waals surface area contributed by atoms with Crippen LogP contribution < -0.4 is 0 Å². The van der Waals surface area contributed by atoms with Gasteiger partial charge in [-0.15, -0.1) is 46.4 Å². The molecule has 1 nitrogen and oxygen atoms in total. The van der Waals surface area contributed by atoms with Crippen molar-refractivity contribution >= 4 is 162 Å². The first-order valence-corrected chi connectivity index (χ1v) is 16.1. The van der Waals surface area contributed by atoms with Gasteiger partial charge in [-0.05, 0) is 30.1 Å². The molecule has 200 valence electrons. The van der Waals surface area contributed by atoms with E-state index in [1.54, 1.807) is 0 Å². The second-order valence-corrected chi connectivity index (χ2v) is 17.6. The van der Waals surface area contributed by atoms with E-state index in [9.17, 15) is 0 Å². The van der Waals surface area contributed by atoms with Gasteiger partial charge >= 0.3 is 0 Å². The smallest absolute Gasteiger partial charge is 0.167 e. The Balaban J connectivity index is 0.000000133. The van der Waals surface area contributed by atoms with Crippen molar-refractivity contribution in [1.82, 2.24) is 0 Å². The molecule has 0 aromatic carbocycles. The minimum absolute atomic E-state index is 0.0664. The van der Waals surface area contributed by atoms with Crippen LogP contribution in [-0.4, -0.2) is 39.3 Å². The maximum Gasteiger partial charge on any atom is 0.167 e. The summed E-state index contributed by atoms with van der Waals surface area (Å²) < 4.78 is 2.35. The van der Waals surface area contributed by atoms with Crippen molar-refractivity contribution in [3.8, 4) is 0 Å². The van der Waals surface area contributed by atoms with E-state index in [2.05, 4.69) is 12.2 Å². The van der Waals surface area contributed by atoms with Crippen molar-refractivity contribution in [1.29, 1.82) is 0 Å². The average molecular weight is 777 g/mol. The Morgan fingerprint density at radius 2 is 0.806 bits per heavy atom. The Kier molecular flexibility index (Phi) is 6.88. The zero-order valence-electron chi connectivity index (χ0n) is 17.2. The maximum absolute atomic E-state index is 6.76. The monoisotopic (exact) mass is 770 g/mol. The molecular formula is C21H12Cl14O. The normalized spacial score (nSPS) is 58.1. The summed E-state index contributed by atoms with van der Waals surface area (Å²) in [5, 5.41) is 0.861. The summed E-state index contributed by atoms with van der Waals surface area (Å²) in [5.41, 5.74) is -1.57. The summed E-state index contributed by atoms with van der Waals surface area (Å²) in [5.74, 6) is -0.230. The Labute approximate surface area is 277 Å². The van der Waals surface area contributed by atoms with Gasteiger partial charge in [-0.3, -0.25) is 0 Å². The van der Waals surface area contributed by atoms with Crippen LogP contribution in [0, 0.1) is 35.5 Å². The maximum atomic E-state index is 6.76. The Hall–Kier alpha value is 3.24. The fraction of sp³-hybridized carbons (Fsp3) is 0.714. The fourth-order valence-electron chi connectivity index (χ4n) is 7.52. The van der Waals surface area contributed by atoms with Gasteiger partial charge in [-0.25, -0.2) is 0 Å². The molecule has 6 aliphatic carbocycles. The van der Waals surface area contributed by atoms with Crippen LogP contribution in [0.5, 0.6) is 0 Å². The van der Waals surface area contributed by atoms with E-state index in [1.165, 1.54) is 0 Å². The Morgan fingerprint density at radius 3 is 1.11 bits per heavy atom. The average Bonchev–Trinajstić information content (AvgIpc) is 3.58. The molecule has 15 heteroatoms. The number of allylic oxidation sites excluding steroid dienone is 6. The Morgan fingerprint density at radius 1 is 0.528 bits per heavy atom. The molecule has 0 spiro atoms. The summed E-state index contributed by atoms with van der Waals surface area (Å²) in [6.07, 6.45) is 5.40. The van der Waals surface area contributed by atoms with Crippen LogP contribution in [0.3, 0.4) is 0 Å². The van der Waals surface area contributed by atoms with E-state index < -0.39 is 51.1 Å². The number of halogens is 14. The number of alkyl halides is 10. The standard InChI is InChI=1S/C12H8Cl6.C9H4Cl8O/c13-8-9(14)11(16)7-5-2-1-4(3-5)6(7)10(8,15)12(11,17)18;10-3-4(11)8(15)2-1(5(12)18-6(2)13)7(3,14)9(8,16)17/h1-2,4-7H,3H2;1-2,5-6H/t4-,5+,6-,7+,10-,11+;. The van der Waals surface area contributed by atoms with E-state index in [0.717, 1.165) is 6.42 Å². The molecule has 3 saturated carbocycles. The number of hydrogen-bond donors (Lipinski definition) is 0. The fourth-order valence-corrected chi connectivity index (χ4v) is 14.8. The third-order valence-corrected chi connectivity index (χ3v) is 18.3. The molecule has 6 bridgehead atoms. The number of rotatable bonds is 0. The van der Waals surface area contributed by atoms with E-state index in [1.807, 2.05) is 0 Å². The first-order chi connectivity index (χ1) is 16.4. The van der Waals surface area contributed by atoms with Crippen molar-refractivity contribution in [3.05, 3.63) is 32.3 Å². The van der Waals surface area contributed by atoms with E-state index >= 15 is 0 Å². The van der Waals surface area contributed by atoms with Crippen LogP contribution in [0.2, 0.25) is 0 Å². The first kappa shape index (κ1) is 29.3. The summed E-state index contributed by atoms with van der Waals surface area (Å²) in [6.45, 7) is 0. The molecule has 4 fully saturated rings. The third-order valence-electron chi connectivity index (χ3n) is 9.00. The number of ether oxygens (including phenoxy) is 1. The molecule has 7 aliphatic rings. The van der Waals surface area contributed by atoms with Crippen molar-refractivity contribution < 1.29 is 4.74 Å². The van der Waals surface area contributed by atoms with Crippen molar-refractivity contribution in [3.63, 3.8) is 0 Å². The van der Waals surface area contributed by atoms with Gasteiger partial charge in [-0.2, -0.15) is 0 Å². The molecule has 0 amide bonds. The van der Waals surface area contributed by atoms with Crippen LogP contribution in [0.4, 0.5) is 0 Å². The lowest BCUT2D eigenvalue weighted by Gasteiger charge is -2.37. The lowest BCUT2D eigenvalue weighted by Crippen LogP contribution is -2.47. The van der Waals surface area contributed by atoms with Crippen LogP contribution in [0.25, 0.3) is 0 Å². The van der Waals surface area contributed by atoms with Crippen LogP contribution in [0.1, 0.15) is 6.42 Å². The van der Waals surface area contributed by atoms with Gasteiger partial charge in [0.15, 0.2) is 8.67 Å². The van der Waals surface area contributed by atoms with Crippen molar-refractivity contribution in [2.75, 3.05) is 0 Å². The molecule has 36 heavy (non-hydrogen) atoms. The molecule has 6 unspecified atom stereocenters. The predicted molar refractivity (Wildman–Crippen MR) is 156 cm³/mol. The summed E-state index contributed by atoms with van der Waals surface area (Å²) >= 11 is 89.5. The van der Waals surface area contributed by atoms with Gasteiger partial charge < -0.3 is 4.74 Å². The highest BCUT2D eigenvalue weighted by Crippen LogP contribution is 2.82. The predicted octanol–water partition coefficient (Wildman–Crippen LogP) is 10.5. The van der Waals surface area contributed by atoms with E-state index in [4.69, 9.17) is 167 Å². The zero-order chi connectivity index (χ0) is 26.8. The Bertz CT molecular complexity index is 1070. The van der Waals surface area contributed by atoms with Gasteiger partial charge in [0.1, 0.15) is 30.6 Å². The van der Waals surface area contributed by atoms with Gasteiger partial charge in [0, 0.05) is 11.8 Å². The minimum Gasteiger partial charge on any atom is -0.343 e. The van der Waals surface area contributed by atoms with E-state index in [0.29, 0.717) is 21.9 Å². The molecule has 12 atom stereocenters. The molecular weight excluding hydrogens is 765 g/mol. The topological polar surface area (TPSA) is 9.23 Å². The highest BCUT2D eigenvalue weighted by Gasteiger charge is 2.87. The molecule has 0 radical (unpaired) electrons. The van der Waals surface area contributed by atoms with Crippen molar-refractivity contribution in [2.24, 2.45) is 35.5 Å². The second-order valence-electron chi connectivity index (χ2n) is 10.1. The minimum atomic E-state index is -1.61. The molecule has 0 aromatic rings. The third kappa shape index (κ3) is 2.80. The van der Waals surface area contributed by atoms with Gasteiger partial charge in [0.25, 0.3) is 0 Å². The molecule has 7 rings (SSSR count). The van der Waals surface area contributed by atoms with E-state index in [-0.39, 0.29) is 21.9 Å². The van der Waals surface area contributed by atoms with Gasteiger partial charge in [-0.1, -0.05) is 128 Å². The van der Waals surface area contributed by atoms with Crippen LogP contribution in [0.15, 0.2) is 32.3 Å². The highest BCUT2D eigenvalue weighted by molar-refractivity contribution is 6.67. The van der Waals surface area contributed by atoms with Crippen LogP contribution in [-0.2, 0) is 4.74 Å². The first-order valence-electron chi connectivity index (χ1n) is 10.6. The van der Waals surface area contributed by atoms with Gasteiger partial charge in [0.2, 0.25) is 0 Å². The molecule has 1 aliphatic heterocycles. The quantitative estimate of drug-likeness (QED) is 0.135. The molecule has 1 heterocycles.